The Morgan fingerprint density at radius 2 is 1.90 bits per heavy atom. The summed E-state index contributed by atoms with van der Waals surface area (Å²) in [6.07, 6.45) is 0. The fourth-order valence-electron chi connectivity index (χ4n) is 4.83. The molecule has 11 heteroatoms. The number of methoxy groups -OCH3 is 1. The van der Waals surface area contributed by atoms with Crippen LogP contribution in [0.5, 0.6) is 11.5 Å². The predicted octanol–water partition coefficient (Wildman–Crippen LogP) is 3.60. The molecule has 0 radical (unpaired) electrons. The number of allylic oxidation sites excluding steroid dienone is 1. The van der Waals surface area contributed by atoms with Crippen molar-refractivity contribution in [2.45, 2.75) is 33.7 Å². The first kappa shape index (κ1) is 26.9. The minimum atomic E-state index is -0.893. The Bertz CT molecular complexity index is 1750. The third-order valence-electron chi connectivity index (χ3n) is 6.52. The van der Waals surface area contributed by atoms with Crippen molar-refractivity contribution in [3.63, 3.8) is 0 Å². The fourth-order valence-corrected chi connectivity index (χ4v) is 6.51. The number of fused-ring (bicyclic) bond motifs is 2. The molecular formula is C28H26BrN3O6S. The monoisotopic (exact) mass is 611 g/mol. The molecule has 2 aliphatic heterocycles. The van der Waals surface area contributed by atoms with E-state index in [0.29, 0.717) is 55.5 Å². The summed E-state index contributed by atoms with van der Waals surface area (Å²) in [5, 5.41) is 2.85. The van der Waals surface area contributed by atoms with Crippen LogP contribution in [0.2, 0.25) is 0 Å². The van der Waals surface area contributed by atoms with Crippen molar-refractivity contribution in [3.8, 4) is 11.5 Å². The number of hydrogen-bond acceptors (Lipinski definition) is 8. The molecule has 0 saturated carbocycles. The molecule has 0 fully saturated rings. The molecule has 1 amide bonds. The average Bonchev–Trinajstić information content (AvgIpc) is 3.38. The quantitative estimate of drug-likeness (QED) is 0.427. The molecule has 3 heterocycles. The first-order valence-corrected chi connectivity index (χ1v) is 14.0. The average molecular weight is 613 g/mol. The van der Waals surface area contributed by atoms with Crippen molar-refractivity contribution >= 4 is 50.4 Å². The Hall–Kier alpha value is -3.70. The molecule has 0 saturated heterocycles. The summed E-state index contributed by atoms with van der Waals surface area (Å²) in [5.74, 6) is 0.0145. The Labute approximate surface area is 236 Å². The lowest BCUT2D eigenvalue weighted by Gasteiger charge is -2.26. The number of halogens is 1. The van der Waals surface area contributed by atoms with Crippen molar-refractivity contribution in [1.29, 1.82) is 0 Å². The van der Waals surface area contributed by atoms with E-state index in [1.807, 2.05) is 32.0 Å². The summed E-state index contributed by atoms with van der Waals surface area (Å²) in [6.45, 7) is 7.74. The number of nitrogens with one attached hydrogen (secondary N) is 1. The zero-order valence-corrected chi connectivity index (χ0v) is 24.4. The Morgan fingerprint density at radius 3 is 2.59 bits per heavy atom. The van der Waals surface area contributed by atoms with E-state index in [4.69, 9.17) is 14.2 Å². The van der Waals surface area contributed by atoms with Crippen LogP contribution in [0.15, 0.2) is 55.9 Å². The summed E-state index contributed by atoms with van der Waals surface area (Å²) in [4.78, 5) is 45.5. The maximum atomic E-state index is 14.2. The number of carbonyl (C=O) groups is 2. The van der Waals surface area contributed by atoms with E-state index in [1.165, 1.54) is 11.7 Å². The zero-order valence-electron chi connectivity index (χ0n) is 22.0. The molecule has 1 N–H and O–H groups in total. The van der Waals surface area contributed by atoms with Gasteiger partial charge in [0.2, 0.25) is 0 Å². The highest BCUT2D eigenvalue weighted by Crippen LogP contribution is 2.41. The van der Waals surface area contributed by atoms with Gasteiger partial charge in [0, 0.05) is 15.7 Å². The molecule has 1 atom stereocenters. The Kier molecular flexibility index (Phi) is 7.21. The van der Waals surface area contributed by atoms with E-state index in [2.05, 4.69) is 26.2 Å². The van der Waals surface area contributed by atoms with Crippen LogP contribution in [0.3, 0.4) is 0 Å². The number of aryl methyl sites for hydroxylation is 1. The van der Waals surface area contributed by atoms with E-state index in [1.54, 1.807) is 26.0 Å². The van der Waals surface area contributed by atoms with Gasteiger partial charge in [-0.15, -0.1) is 0 Å². The second-order valence-corrected chi connectivity index (χ2v) is 10.8. The second kappa shape index (κ2) is 10.5. The smallest absolute Gasteiger partial charge is 0.338 e. The first-order valence-electron chi connectivity index (χ1n) is 12.3. The van der Waals surface area contributed by atoms with E-state index in [0.717, 1.165) is 16.9 Å². The molecule has 39 heavy (non-hydrogen) atoms. The van der Waals surface area contributed by atoms with Gasteiger partial charge in [0.1, 0.15) is 4.53 Å². The molecule has 9 nitrogen and oxygen atoms in total. The van der Waals surface area contributed by atoms with Crippen LogP contribution in [0.25, 0.3) is 5.57 Å². The van der Waals surface area contributed by atoms with Gasteiger partial charge in [-0.2, -0.15) is 0 Å². The molecule has 5 rings (SSSR count). The predicted molar refractivity (Wildman–Crippen MR) is 151 cm³/mol. The van der Waals surface area contributed by atoms with E-state index in [9.17, 15) is 14.4 Å². The molecule has 202 valence electrons. The van der Waals surface area contributed by atoms with Crippen LogP contribution in [0, 0.1) is 6.92 Å². The van der Waals surface area contributed by atoms with Crippen LogP contribution in [-0.4, -0.2) is 36.8 Å². The van der Waals surface area contributed by atoms with Crippen molar-refractivity contribution in [2.75, 3.05) is 25.6 Å². The van der Waals surface area contributed by atoms with Gasteiger partial charge >= 0.3 is 5.97 Å². The zero-order chi connectivity index (χ0) is 28.0. The van der Waals surface area contributed by atoms with Crippen LogP contribution in [-0.2, 0) is 14.3 Å². The highest BCUT2D eigenvalue weighted by molar-refractivity contribution is 9.10. The van der Waals surface area contributed by atoms with Crippen LogP contribution in [0.4, 0.5) is 5.69 Å². The van der Waals surface area contributed by atoms with E-state index in [-0.39, 0.29) is 22.6 Å². The van der Waals surface area contributed by atoms with Gasteiger partial charge in [-0.25, -0.2) is 9.79 Å². The van der Waals surface area contributed by atoms with Crippen molar-refractivity contribution in [2.24, 2.45) is 4.99 Å². The molecular weight excluding hydrogens is 586 g/mol. The summed E-state index contributed by atoms with van der Waals surface area (Å²) in [6, 6.07) is 8.19. The van der Waals surface area contributed by atoms with Crippen molar-refractivity contribution in [1.82, 2.24) is 4.57 Å². The highest BCUT2D eigenvalue weighted by Gasteiger charge is 2.36. The lowest BCUT2D eigenvalue weighted by atomic mass is 9.95. The molecule has 3 aromatic rings. The summed E-state index contributed by atoms with van der Waals surface area (Å²) >= 11 is 4.73. The number of esters is 1. The topological polar surface area (TPSA) is 108 Å². The van der Waals surface area contributed by atoms with Gasteiger partial charge in [0.15, 0.2) is 16.3 Å². The third kappa shape index (κ3) is 4.49. The number of anilines is 1. The van der Waals surface area contributed by atoms with Gasteiger partial charge in [-0.3, -0.25) is 14.2 Å². The maximum Gasteiger partial charge on any atom is 0.338 e. The molecule has 0 spiro atoms. The molecule has 0 unspecified atom stereocenters. The molecule has 1 aromatic heterocycles. The number of thiazole rings is 1. The van der Waals surface area contributed by atoms with Crippen LogP contribution in [0.1, 0.15) is 43.5 Å². The number of ether oxygens (including phenoxy) is 3. The number of benzene rings is 2. The first-order chi connectivity index (χ1) is 18.7. The largest absolute Gasteiger partial charge is 0.493 e. The summed E-state index contributed by atoms with van der Waals surface area (Å²) < 4.78 is 19.0. The number of hydrogen-bond donors (Lipinski definition) is 1. The highest BCUT2D eigenvalue weighted by atomic mass is 79.9. The molecule has 2 aliphatic rings. The number of carbonyl (C=O) groups excluding carboxylic acids is 2. The van der Waals surface area contributed by atoms with Crippen molar-refractivity contribution in [3.05, 3.63) is 82.5 Å². The van der Waals surface area contributed by atoms with Gasteiger partial charge < -0.3 is 19.5 Å². The lowest BCUT2D eigenvalue weighted by Crippen LogP contribution is -2.40. The minimum Gasteiger partial charge on any atom is -0.493 e. The maximum absolute atomic E-state index is 14.2. The number of nitrogens with zero attached hydrogens (tertiary/aromatic N) is 2. The molecule has 2 aromatic carbocycles. The second-order valence-electron chi connectivity index (χ2n) is 8.96. The minimum absolute atomic E-state index is 0.154. The van der Waals surface area contributed by atoms with Crippen LogP contribution >= 0.6 is 27.3 Å². The summed E-state index contributed by atoms with van der Waals surface area (Å²) in [7, 11) is 1.54. The van der Waals surface area contributed by atoms with Crippen molar-refractivity contribution < 1.29 is 23.8 Å². The third-order valence-corrected chi connectivity index (χ3v) is 8.26. The number of rotatable bonds is 6. The molecule has 0 bridgehead atoms. The van der Waals surface area contributed by atoms with Crippen LogP contribution < -0.4 is 29.7 Å². The van der Waals surface area contributed by atoms with Gasteiger partial charge in [-0.1, -0.05) is 38.9 Å². The number of amides is 1. The Balaban J connectivity index is 1.85. The van der Waals surface area contributed by atoms with Gasteiger partial charge in [0.05, 0.1) is 43.2 Å². The molecule has 0 aliphatic carbocycles. The fraction of sp³-hybridized carbons (Fsp3) is 0.286. The van der Waals surface area contributed by atoms with E-state index >= 15 is 0 Å². The van der Waals surface area contributed by atoms with Gasteiger partial charge in [0.25, 0.3) is 11.5 Å². The van der Waals surface area contributed by atoms with E-state index < -0.39 is 17.6 Å². The Morgan fingerprint density at radius 1 is 1.13 bits per heavy atom. The number of aromatic nitrogens is 1. The standard InChI is InChI=1S/C28H26BrN3O6S/c1-6-37-20-11-15(17(29)12-19(20)36-5)23-21(27(35)38-7-2)14(4)30-28-32(23)26(34)24(39-28)22-16-10-13(3)8-9-18(16)31-25(22)33/h8-12,23H,6-7H2,1-5H3,(H,31,33)/b24-22-/t23-/m1/s1. The normalized spacial score (nSPS) is 17.3. The summed E-state index contributed by atoms with van der Waals surface area (Å²) in [5.41, 5.74) is 3.35. The SMILES string of the molecule is CCOC(=O)C1=C(C)N=c2s/c(=C3\C(=O)Nc4ccc(C)cc43)c(=O)n2[C@@H]1c1cc(OCC)c(OC)cc1Br. The lowest BCUT2D eigenvalue weighted by molar-refractivity contribution is -0.139. The van der Waals surface area contributed by atoms with Gasteiger partial charge in [-0.05, 0) is 57.5 Å².